The van der Waals surface area contributed by atoms with Crippen LogP contribution in [-0.4, -0.2) is 26.2 Å². The Labute approximate surface area is 103 Å². The van der Waals surface area contributed by atoms with Gasteiger partial charge in [0.2, 0.25) is 0 Å². The van der Waals surface area contributed by atoms with Crippen molar-refractivity contribution in [3.05, 3.63) is 42.0 Å². The normalized spacial score (nSPS) is 10.7. The standard InChI is InChI=1S/C13H10N4O/c1-8-11-10(7-18)6-15-13(11)17-12(16-8)9-2-4-14-5-3-9/h2-7H,1H3,(H,15,16,17). The van der Waals surface area contributed by atoms with E-state index in [9.17, 15) is 4.79 Å². The molecule has 0 atom stereocenters. The Morgan fingerprint density at radius 1 is 1.22 bits per heavy atom. The van der Waals surface area contributed by atoms with Crippen LogP contribution in [0.15, 0.2) is 30.7 Å². The van der Waals surface area contributed by atoms with E-state index in [1.807, 2.05) is 19.1 Å². The summed E-state index contributed by atoms with van der Waals surface area (Å²) in [5.74, 6) is 0.627. The van der Waals surface area contributed by atoms with Crippen molar-refractivity contribution in [1.82, 2.24) is 19.9 Å². The number of carbonyl (C=O) groups is 1. The summed E-state index contributed by atoms with van der Waals surface area (Å²) < 4.78 is 0. The zero-order chi connectivity index (χ0) is 12.5. The number of aromatic nitrogens is 4. The second-order valence-corrected chi connectivity index (χ2v) is 3.95. The lowest BCUT2D eigenvalue weighted by Crippen LogP contribution is -1.94. The van der Waals surface area contributed by atoms with Gasteiger partial charge >= 0.3 is 0 Å². The number of aldehydes is 1. The maximum Gasteiger partial charge on any atom is 0.161 e. The van der Waals surface area contributed by atoms with Crippen molar-refractivity contribution in [2.45, 2.75) is 6.92 Å². The maximum absolute atomic E-state index is 10.9. The lowest BCUT2D eigenvalue weighted by atomic mass is 10.2. The van der Waals surface area contributed by atoms with E-state index in [4.69, 9.17) is 0 Å². The Hall–Kier alpha value is -2.56. The molecule has 0 aliphatic rings. The molecule has 0 aliphatic heterocycles. The summed E-state index contributed by atoms with van der Waals surface area (Å²) in [5.41, 5.74) is 2.95. The summed E-state index contributed by atoms with van der Waals surface area (Å²) in [6.07, 6.45) is 5.85. The topological polar surface area (TPSA) is 71.5 Å². The number of fused-ring (bicyclic) bond motifs is 1. The molecule has 0 bridgehead atoms. The van der Waals surface area contributed by atoms with Crippen molar-refractivity contribution in [3.63, 3.8) is 0 Å². The molecule has 3 aromatic rings. The third-order valence-electron chi connectivity index (χ3n) is 2.81. The summed E-state index contributed by atoms with van der Waals surface area (Å²) in [4.78, 5) is 26.7. The minimum Gasteiger partial charge on any atom is -0.345 e. The molecule has 0 amide bonds. The number of aryl methyl sites for hydroxylation is 1. The number of H-pyrrole nitrogens is 1. The fourth-order valence-corrected chi connectivity index (χ4v) is 1.96. The van der Waals surface area contributed by atoms with E-state index in [0.29, 0.717) is 17.0 Å². The minimum atomic E-state index is 0.587. The zero-order valence-corrected chi connectivity index (χ0v) is 9.71. The molecule has 18 heavy (non-hydrogen) atoms. The molecule has 5 nitrogen and oxygen atoms in total. The number of nitrogens with one attached hydrogen (secondary N) is 1. The number of hydrogen-bond donors (Lipinski definition) is 1. The SMILES string of the molecule is Cc1nc(-c2ccncc2)nc2[nH]cc(C=O)c12. The first-order valence-corrected chi connectivity index (χ1v) is 5.51. The van der Waals surface area contributed by atoms with E-state index < -0.39 is 0 Å². The number of aromatic amines is 1. The Bertz CT molecular complexity index is 718. The quantitative estimate of drug-likeness (QED) is 0.694. The molecule has 0 spiro atoms. The van der Waals surface area contributed by atoms with Crippen molar-refractivity contribution < 1.29 is 4.79 Å². The van der Waals surface area contributed by atoms with Gasteiger partial charge in [-0.3, -0.25) is 9.78 Å². The molecular formula is C13H10N4O. The van der Waals surface area contributed by atoms with Crippen molar-refractivity contribution in [3.8, 4) is 11.4 Å². The van der Waals surface area contributed by atoms with Gasteiger partial charge < -0.3 is 4.98 Å². The van der Waals surface area contributed by atoms with Crippen molar-refractivity contribution in [2.24, 2.45) is 0 Å². The lowest BCUT2D eigenvalue weighted by Gasteiger charge is -2.02. The lowest BCUT2D eigenvalue weighted by molar-refractivity contribution is 0.112. The molecule has 88 valence electrons. The summed E-state index contributed by atoms with van der Waals surface area (Å²) in [5, 5.41) is 0.780. The molecular weight excluding hydrogens is 228 g/mol. The molecule has 0 radical (unpaired) electrons. The Morgan fingerprint density at radius 3 is 2.72 bits per heavy atom. The van der Waals surface area contributed by atoms with Crippen molar-refractivity contribution in [2.75, 3.05) is 0 Å². The van der Waals surface area contributed by atoms with Crippen LogP contribution in [0.3, 0.4) is 0 Å². The monoisotopic (exact) mass is 238 g/mol. The minimum absolute atomic E-state index is 0.587. The van der Waals surface area contributed by atoms with Gasteiger partial charge in [0.05, 0.1) is 11.1 Å². The van der Waals surface area contributed by atoms with Gasteiger partial charge in [-0.2, -0.15) is 0 Å². The van der Waals surface area contributed by atoms with Gasteiger partial charge in [-0.15, -0.1) is 0 Å². The van der Waals surface area contributed by atoms with Crippen LogP contribution in [-0.2, 0) is 0 Å². The van der Waals surface area contributed by atoms with Crippen LogP contribution in [0, 0.1) is 6.92 Å². The van der Waals surface area contributed by atoms with Crippen LogP contribution in [0.4, 0.5) is 0 Å². The molecule has 5 heteroatoms. The van der Waals surface area contributed by atoms with Crippen LogP contribution in [0.2, 0.25) is 0 Å². The highest BCUT2D eigenvalue weighted by atomic mass is 16.1. The van der Waals surface area contributed by atoms with Crippen LogP contribution in [0.25, 0.3) is 22.4 Å². The molecule has 3 heterocycles. The number of rotatable bonds is 2. The van der Waals surface area contributed by atoms with E-state index in [0.717, 1.165) is 22.9 Å². The molecule has 0 saturated carbocycles. The van der Waals surface area contributed by atoms with Gasteiger partial charge in [-0.05, 0) is 19.1 Å². The van der Waals surface area contributed by atoms with Crippen LogP contribution in [0.1, 0.15) is 16.1 Å². The maximum atomic E-state index is 10.9. The molecule has 1 N–H and O–H groups in total. The van der Waals surface area contributed by atoms with Gasteiger partial charge in [-0.1, -0.05) is 0 Å². The van der Waals surface area contributed by atoms with E-state index in [2.05, 4.69) is 19.9 Å². The fourth-order valence-electron chi connectivity index (χ4n) is 1.96. The molecule has 3 aromatic heterocycles. The third-order valence-corrected chi connectivity index (χ3v) is 2.81. The van der Waals surface area contributed by atoms with E-state index in [1.54, 1.807) is 18.6 Å². The highest BCUT2D eigenvalue weighted by Gasteiger charge is 2.11. The first-order valence-electron chi connectivity index (χ1n) is 5.51. The zero-order valence-electron chi connectivity index (χ0n) is 9.71. The Kier molecular flexibility index (Phi) is 2.37. The molecule has 0 fully saturated rings. The smallest absolute Gasteiger partial charge is 0.161 e. The van der Waals surface area contributed by atoms with Gasteiger partial charge in [0.15, 0.2) is 12.1 Å². The van der Waals surface area contributed by atoms with Crippen LogP contribution in [0.5, 0.6) is 0 Å². The Balaban J connectivity index is 2.26. The average molecular weight is 238 g/mol. The van der Waals surface area contributed by atoms with Crippen LogP contribution < -0.4 is 0 Å². The van der Waals surface area contributed by atoms with Crippen molar-refractivity contribution >= 4 is 17.3 Å². The van der Waals surface area contributed by atoms with Gasteiger partial charge in [0.1, 0.15) is 5.65 Å². The predicted octanol–water partition coefficient (Wildman–Crippen LogP) is 2.14. The number of hydrogen-bond acceptors (Lipinski definition) is 4. The predicted molar refractivity (Wildman–Crippen MR) is 67.2 cm³/mol. The number of carbonyl (C=O) groups excluding carboxylic acids is 1. The average Bonchev–Trinajstić information content (AvgIpc) is 2.83. The van der Waals surface area contributed by atoms with Crippen molar-refractivity contribution in [1.29, 1.82) is 0 Å². The fraction of sp³-hybridized carbons (Fsp3) is 0.0769. The molecule has 3 rings (SSSR count). The molecule has 0 aliphatic carbocycles. The van der Waals surface area contributed by atoms with E-state index in [-0.39, 0.29) is 0 Å². The summed E-state index contributed by atoms with van der Waals surface area (Å²) in [6.45, 7) is 1.87. The molecule has 0 saturated heterocycles. The second kappa shape index (κ2) is 4.03. The largest absolute Gasteiger partial charge is 0.345 e. The number of nitrogens with zero attached hydrogens (tertiary/aromatic N) is 3. The van der Waals surface area contributed by atoms with E-state index in [1.165, 1.54) is 0 Å². The summed E-state index contributed by atoms with van der Waals surface area (Å²) in [7, 11) is 0. The molecule has 0 aromatic carbocycles. The molecule has 0 unspecified atom stereocenters. The van der Waals surface area contributed by atoms with E-state index >= 15 is 0 Å². The number of pyridine rings is 1. The summed E-state index contributed by atoms with van der Waals surface area (Å²) in [6, 6.07) is 3.70. The van der Waals surface area contributed by atoms with Gasteiger partial charge in [0.25, 0.3) is 0 Å². The summed E-state index contributed by atoms with van der Waals surface area (Å²) >= 11 is 0. The highest BCUT2D eigenvalue weighted by Crippen LogP contribution is 2.22. The third kappa shape index (κ3) is 1.57. The van der Waals surface area contributed by atoms with Gasteiger partial charge in [-0.25, -0.2) is 9.97 Å². The first-order chi connectivity index (χ1) is 8.79. The Morgan fingerprint density at radius 2 is 2.00 bits per heavy atom. The van der Waals surface area contributed by atoms with Gasteiger partial charge in [0, 0.05) is 29.7 Å². The first kappa shape index (κ1) is 10.6. The van der Waals surface area contributed by atoms with Crippen LogP contribution >= 0.6 is 0 Å². The second-order valence-electron chi connectivity index (χ2n) is 3.95. The highest BCUT2D eigenvalue weighted by molar-refractivity contribution is 5.97.